The monoisotopic (exact) mass is 275 g/mol. The molecule has 0 saturated heterocycles. The molecule has 2 aromatic rings. The third-order valence-corrected chi connectivity index (χ3v) is 2.99. The molecule has 0 saturated carbocycles. The van der Waals surface area contributed by atoms with Gasteiger partial charge in [0.1, 0.15) is 12.4 Å². The molecule has 0 unspecified atom stereocenters. The Morgan fingerprint density at radius 3 is 2.65 bits per heavy atom. The molecule has 0 aliphatic rings. The second kappa shape index (κ2) is 7.05. The van der Waals surface area contributed by atoms with E-state index in [0.717, 1.165) is 24.5 Å². The highest BCUT2D eigenvalue weighted by molar-refractivity contribution is 5.26. The number of nitrogens with zero attached hydrogens (tertiary/aromatic N) is 3. The standard InChI is InChI=1S/C15H21N3O2/c1-4-14-16-15(20-17-14)11-18(3)9-10-19-13-7-5-12(2)6-8-13/h5-8H,4,9-11H2,1-3H3. The molecule has 0 radical (unpaired) electrons. The summed E-state index contributed by atoms with van der Waals surface area (Å²) in [6, 6.07) is 8.06. The van der Waals surface area contributed by atoms with Crippen LogP contribution in [0.2, 0.25) is 0 Å². The molecule has 5 heteroatoms. The highest BCUT2D eigenvalue weighted by Crippen LogP contribution is 2.11. The predicted octanol–water partition coefficient (Wildman–Crippen LogP) is 2.45. The Bertz CT molecular complexity index is 522. The zero-order valence-corrected chi connectivity index (χ0v) is 12.3. The Labute approximate surface area is 119 Å². The lowest BCUT2D eigenvalue weighted by Crippen LogP contribution is -2.24. The van der Waals surface area contributed by atoms with Crippen molar-refractivity contribution in [3.05, 3.63) is 41.5 Å². The maximum atomic E-state index is 5.69. The van der Waals surface area contributed by atoms with Crippen LogP contribution in [0.4, 0.5) is 0 Å². The molecule has 0 aliphatic heterocycles. The maximum absolute atomic E-state index is 5.69. The Hall–Kier alpha value is -1.88. The molecule has 5 nitrogen and oxygen atoms in total. The number of rotatable bonds is 7. The molecular formula is C15H21N3O2. The second-order valence-electron chi connectivity index (χ2n) is 4.86. The molecule has 108 valence electrons. The molecule has 0 bridgehead atoms. The first-order chi connectivity index (χ1) is 9.67. The number of hydrogen-bond donors (Lipinski definition) is 0. The minimum absolute atomic E-state index is 0.633. The smallest absolute Gasteiger partial charge is 0.240 e. The number of aromatic nitrogens is 2. The zero-order valence-electron chi connectivity index (χ0n) is 12.3. The van der Waals surface area contributed by atoms with E-state index in [1.165, 1.54) is 5.56 Å². The number of likely N-dealkylation sites (N-methyl/N-ethyl adjacent to an activating group) is 1. The summed E-state index contributed by atoms with van der Waals surface area (Å²) >= 11 is 0. The molecule has 0 fully saturated rings. The number of aryl methyl sites for hydroxylation is 2. The lowest BCUT2D eigenvalue weighted by atomic mass is 10.2. The minimum Gasteiger partial charge on any atom is -0.492 e. The van der Waals surface area contributed by atoms with Gasteiger partial charge >= 0.3 is 0 Å². The van der Waals surface area contributed by atoms with Gasteiger partial charge in [-0.1, -0.05) is 29.8 Å². The highest BCUT2D eigenvalue weighted by atomic mass is 16.5. The first-order valence-corrected chi connectivity index (χ1v) is 6.87. The van der Waals surface area contributed by atoms with Crippen molar-refractivity contribution in [3.63, 3.8) is 0 Å². The average molecular weight is 275 g/mol. The van der Waals surface area contributed by atoms with Crippen LogP contribution in [0, 0.1) is 6.92 Å². The molecule has 1 heterocycles. The molecule has 0 aliphatic carbocycles. The number of ether oxygens (including phenoxy) is 1. The zero-order chi connectivity index (χ0) is 14.4. The fraction of sp³-hybridized carbons (Fsp3) is 0.467. The van der Waals surface area contributed by atoms with E-state index in [1.807, 2.05) is 38.2 Å². The van der Waals surface area contributed by atoms with Crippen molar-refractivity contribution in [3.8, 4) is 5.75 Å². The molecule has 0 N–H and O–H groups in total. The van der Waals surface area contributed by atoms with E-state index in [4.69, 9.17) is 9.26 Å². The van der Waals surface area contributed by atoms with Crippen molar-refractivity contribution in [2.75, 3.05) is 20.2 Å². The van der Waals surface area contributed by atoms with Crippen LogP contribution in [0.25, 0.3) is 0 Å². The third kappa shape index (κ3) is 4.35. The SMILES string of the molecule is CCc1noc(CN(C)CCOc2ccc(C)cc2)n1. The van der Waals surface area contributed by atoms with E-state index in [0.29, 0.717) is 19.0 Å². The van der Waals surface area contributed by atoms with E-state index in [2.05, 4.69) is 22.0 Å². The third-order valence-electron chi connectivity index (χ3n) is 2.99. The molecule has 1 aromatic carbocycles. The quantitative estimate of drug-likeness (QED) is 0.777. The van der Waals surface area contributed by atoms with Gasteiger partial charge in [0, 0.05) is 13.0 Å². The second-order valence-corrected chi connectivity index (χ2v) is 4.86. The van der Waals surface area contributed by atoms with Gasteiger partial charge in [-0.3, -0.25) is 4.90 Å². The summed E-state index contributed by atoms with van der Waals surface area (Å²) < 4.78 is 10.8. The summed E-state index contributed by atoms with van der Waals surface area (Å²) in [6.45, 7) is 6.15. The van der Waals surface area contributed by atoms with Crippen LogP contribution in [-0.4, -0.2) is 35.2 Å². The van der Waals surface area contributed by atoms with Crippen LogP contribution in [-0.2, 0) is 13.0 Å². The van der Waals surface area contributed by atoms with Gasteiger partial charge in [-0.2, -0.15) is 4.98 Å². The van der Waals surface area contributed by atoms with Gasteiger partial charge in [0.2, 0.25) is 5.89 Å². The van der Waals surface area contributed by atoms with Gasteiger partial charge in [0.15, 0.2) is 5.82 Å². The molecular weight excluding hydrogens is 254 g/mol. The molecule has 0 amide bonds. The lowest BCUT2D eigenvalue weighted by Gasteiger charge is -2.14. The van der Waals surface area contributed by atoms with E-state index in [9.17, 15) is 0 Å². The Balaban J connectivity index is 1.72. The molecule has 0 spiro atoms. The van der Waals surface area contributed by atoms with Crippen LogP contribution in [0.3, 0.4) is 0 Å². The molecule has 20 heavy (non-hydrogen) atoms. The number of benzene rings is 1. The van der Waals surface area contributed by atoms with Crippen molar-refractivity contribution < 1.29 is 9.26 Å². The summed E-state index contributed by atoms with van der Waals surface area (Å²) in [4.78, 5) is 6.38. The predicted molar refractivity (Wildman–Crippen MR) is 76.7 cm³/mol. The van der Waals surface area contributed by atoms with Gasteiger partial charge < -0.3 is 9.26 Å². The molecule has 0 atom stereocenters. The molecule has 1 aromatic heterocycles. The van der Waals surface area contributed by atoms with E-state index < -0.39 is 0 Å². The van der Waals surface area contributed by atoms with Crippen molar-refractivity contribution in [2.24, 2.45) is 0 Å². The van der Waals surface area contributed by atoms with Crippen LogP contribution in [0.5, 0.6) is 5.75 Å². The minimum atomic E-state index is 0.633. The summed E-state index contributed by atoms with van der Waals surface area (Å²) in [5, 5.41) is 3.88. The van der Waals surface area contributed by atoms with Crippen LogP contribution < -0.4 is 4.74 Å². The van der Waals surface area contributed by atoms with Crippen LogP contribution in [0.1, 0.15) is 24.2 Å². The molecule has 2 rings (SSSR count). The van der Waals surface area contributed by atoms with Crippen molar-refractivity contribution >= 4 is 0 Å². The largest absolute Gasteiger partial charge is 0.492 e. The van der Waals surface area contributed by atoms with Gasteiger partial charge in [-0.05, 0) is 26.1 Å². The van der Waals surface area contributed by atoms with Crippen molar-refractivity contribution in [1.29, 1.82) is 0 Å². The first-order valence-electron chi connectivity index (χ1n) is 6.87. The van der Waals surface area contributed by atoms with Gasteiger partial charge in [0.25, 0.3) is 0 Å². The Morgan fingerprint density at radius 1 is 1.25 bits per heavy atom. The van der Waals surface area contributed by atoms with Crippen molar-refractivity contribution in [2.45, 2.75) is 26.8 Å². The normalized spacial score (nSPS) is 11.0. The average Bonchev–Trinajstić information content (AvgIpc) is 2.88. The summed E-state index contributed by atoms with van der Waals surface area (Å²) in [7, 11) is 2.01. The van der Waals surface area contributed by atoms with Gasteiger partial charge in [-0.25, -0.2) is 0 Å². The van der Waals surface area contributed by atoms with Gasteiger partial charge in [-0.15, -0.1) is 0 Å². The lowest BCUT2D eigenvalue weighted by molar-refractivity contribution is 0.212. The Kier molecular flexibility index (Phi) is 5.12. The first kappa shape index (κ1) is 14.5. The number of hydrogen-bond acceptors (Lipinski definition) is 5. The Morgan fingerprint density at radius 2 is 2.00 bits per heavy atom. The summed E-state index contributed by atoms with van der Waals surface area (Å²) in [5.41, 5.74) is 1.23. The van der Waals surface area contributed by atoms with Crippen molar-refractivity contribution in [1.82, 2.24) is 15.0 Å². The summed E-state index contributed by atoms with van der Waals surface area (Å²) in [5.74, 6) is 2.30. The fourth-order valence-corrected chi connectivity index (χ4v) is 1.76. The topological polar surface area (TPSA) is 51.4 Å². The summed E-state index contributed by atoms with van der Waals surface area (Å²) in [6.07, 6.45) is 0.795. The fourth-order valence-electron chi connectivity index (χ4n) is 1.76. The van der Waals surface area contributed by atoms with Crippen LogP contribution >= 0.6 is 0 Å². The maximum Gasteiger partial charge on any atom is 0.240 e. The van der Waals surface area contributed by atoms with Crippen LogP contribution in [0.15, 0.2) is 28.8 Å². The highest BCUT2D eigenvalue weighted by Gasteiger charge is 2.08. The van der Waals surface area contributed by atoms with E-state index in [-0.39, 0.29) is 0 Å². The van der Waals surface area contributed by atoms with E-state index in [1.54, 1.807) is 0 Å². The van der Waals surface area contributed by atoms with Gasteiger partial charge in [0.05, 0.1) is 6.54 Å². The van der Waals surface area contributed by atoms with E-state index >= 15 is 0 Å².